The van der Waals surface area contributed by atoms with E-state index in [0.717, 1.165) is 44.4 Å². The molecule has 1 aliphatic heterocycles. The van der Waals surface area contributed by atoms with Gasteiger partial charge in [0.1, 0.15) is 0 Å². The fourth-order valence-corrected chi connectivity index (χ4v) is 3.91. The molecule has 1 heterocycles. The number of morpholine rings is 1. The van der Waals surface area contributed by atoms with E-state index >= 15 is 0 Å². The highest BCUT2D eigenvalue weighted by Crippen LogP contribution is 2.41. The standard InChI is InChI=1S/C17H25ClN2O/c18-16-11-15(17(13-19)5-1-2-6-17)4-3-14(16)12-20-7-9-21-10-8-20/h3-4,11H,1-2,5-10,12-13,19H2. The molecule has 0 atom stereocenters. The number of nitrogens with zero attached hydrogens (tertiary/aromatic N) is 1. The fraction of sp³-hybridized carbons (Fsp3) is 0.647. The molecule has 0 aromatic heterocycles. The van der Waals surface area contributed by atoms with Gasteiger partial charge in [-0.2, -0.15) is 0 Å². The van der Waals surface area contributed by atoms with Gasteiger partial charge in [-0.3, -0.25) is 4.90 Å². The molecule has 0 amide bonds. The third-order valence-electron chi connectivity index (χ3n) is 5.11. The molecule has 0 spiro atoms. The van der Waals surface area contributed by atoms with Gasteiger partial charge < -0.3 is 10.5 Å². The zero-order valence-electron chi connectivity index (χ0n) is 12.6. The Balaban J connectivity index is 1.76. The average Bonchev–Trinajstić information content (AvgIpc) is 3.00. The summed E-state index contributed by atoms with van der Waals surface area (Å²) in [7, 11) is 0. The van der Waals surface area contributed by atoms with Gasteiger partial charge in [-0.05, 0) is 30.0 Å². The van der Waals surface area contributed by atoms with Crippen molar-refractivity contribution >= 4 is 11.6 Å². The molecule has 1 aromatic rings. The van der Waals surface area contributed by atoms with Gasteiger partial charge in [0.2, 0.25) is 0 Å². The van der Waals surface area contributed by atoms with Crippen LogP contribution in [0.2, 0.25) is 5.02 Å². The lowest BCUT2D eigenvalue weighted by atomic mass is 9.79. The Morgan fingerprint density at radius 3 is 2.52 bits per heavy atom. The summed E-state index contributed by atoms with van der Waals surface area (Å²) in [6.07, 6.45) is 4.96. The second-order valence-corrected chi connectivity index (χ2v) is 6.79. The van der Waals surface area contributed by atoms with Crippen molar-refractivity contribution in [1.82, 2.24) is 4.90 Å². The molecule has 1 saturated carbocycles. The number of hydrogen-bond acceptors (Lipinski definition) is 3. The van der Waals surface area contributed by atoms with Gasteiger partial charge in [0.15, 0.2) is 0 Å². The Bertz CT molecular complexity index is 480. The molecule has 4 heteroatoms. The molecule has 3 nitrogen and oxygen atoms in total. The normalized spacial score (nSPS) is 22.6. The Labute approximate surface area is 132 Å². The smallest absolute Gasteiger partial charge is 0.0594 e. The second-order valence-electron chi connectivity index (χ2n) is 6.39. The molecule has 1 aromatic carbocycles. The van der Waals surface area contributed by atoms with Crippen LogP contribution in [0, 0.1) is 0 Å². The van der Waals surface area contributed by atoms with Crippen molar-refractivity contribution in [3.05, 3.63) is 34.3 Å². The molecular formula is C17H25ClN2O. The zero-order valence-corrected chi connectivity index (χ0v) is 13.4. The van der Waals surface area contributed by atoms with Crippen LogP contribution in [0.5, 0.6) is 0 Å². The molecule has 2 fully saturated rings. The van der Waals surface area contributed by atoms with E-state index in [4.69, 9.17) is 22.1 Å². The van der Waals surface area contributed by atoms with Crippen LogP contribution in [0.25, 0.3) is 0 Å². The highest BCUT2D eigenvalue weighted by Gasteiger charge is 2.34. The van der Waals surface area contributed by atoms with E-state index in [1.54, 1.807) is 0 Å². The SMILES string of the molecule is NCC1(c2ccc(CN3CCOCC3)c(Cl)c2)CCCC1. The number of ether oxygens (including phenoxy) is 1. The Morgan fingerprint density at radius 2 is 1.90 bits per heavy atom. The molecule has 116 valence electrons. The summed E-state index contributed by atoms with van der Waals surface area (Å²) in [4.78, 5) is 2.40. The van der Waals surface area contributed by atoms with Crippen molar-refractivity contribution in [2.45, 2.75) is 37.6 Å². The summed E-state index contributed by atoms with van der Waals surface area (Å²) < 4.78 is 5.39. The van der Waals surface area contributed by atoms with E-state index in [-0.39, 0.29) is 5.41 Å². The van der Waals surface area contributed by atoms with E-state index in [1.807, 2.05) is 0 Å². The minimum atomic E-state index is 0.168. The first kappa shape index (κ1) is 15.3. The van der Waals surface area contributed by atoms with Crippen LogP contribution in [-0.2, 0) is 16.7 Å². The maximum atomic E-state index is 6.55. The Hall–Kier alpha value is -0.610. The van der Waals surface area contributed by atoms with Gasteiger partial charge in [0.05, 0.1) is 13.2 Å². The first-order valence-electron chi connectivity index (χ1n) is 8.03. The van der Waals surface area contributed by atoms with Crippen LogP contribution < -0.4 is 5.73 Å². The molecule has 0 bridgehead atoms. The summed E-state index contributed by atoms with van der Waals surface area (Å²) in [6.45, 7) is 5.28. The van der Waals surface area contributed by atoms with Gasteiger partial charge in [-0.25, -0.2) is 0 Å². The molecule has 3 rings (SSSR count). The molecule has 2 aliphatic rings. The second kappa shape index (κ2) is 6.66. The Kier molecular flexibility index (Phi) is 4.85. The molecule has 21 heavy (non-hydrogen) atoms. The van der Waals surface area contributed by atoms with Gasteiger partial charge >= 0.3 is 0 Å². The van der Waals surface area contributed by atoms with Crippen LogP contribution in [0.1, 0.15) is 36.8 Å². The molecule has 0 unspecified atom stereocenters. The summed E-state index contributed by atoms with van der Waals surface area (Å²) in [5.74, 6) is 0. The van der Waals surface area contributed by atoms with E-state index in [1.165, 1.54) is 36.8 Å². The van der Waals surface area contributed by atoms with Crippen LogP contribution >= 0.6 is 11.6 Å². The maximum absolute atomic E-state index is 6.55. The van der Waals surface area contributed by atoms with E-state index in [0.29, 0.717) is 0 Å². The number of rotatable bonds is 4. The van der Waals surface area contributed by atoms with E-state index in [9.17, 15) is 0 Å². The predicted molar refractivity (Wildman–Crippen MR) is 86.7 cm³/mol. The quantitative estimate of drug-likeness (QED) is 0.929. The van der Waals surface area contributed by atoms with Crippen LogP contribution in [-0.4, -0.2) is 37.7 Å². The lowest BCUT2D eigenvalue weighted by Crippen LogP contribution is -2.35. The largest absolute Gasteiger partial charge is 0.379 e. The minimum absolute atomic E-state index is 0.168. The van der Waals surface area contributed by atoms with Gasteiger partial charge in [0, 0.05) is 36.6 Å². The molecule has 2 N–H and O–H groups in total. The predicted octanol–water partition coefficient (Wildman–Crippen LogP) is 2.94. The number of benzene rings is 1. The lowest BCUT2D eigenvalue weighted by Gasteiger charge is -2.30. The molecule has 1 aliphatic carbocycles. The highest BCUT2D eigenvalue weighted by molar-refractivity contribution is 6.31. The summed E-state index contributed by atoms with van der Waals surface area (Å²) in [5, 5.41) is 0.888. The summed E-state index contributed by atoms with van der Waals surface area (Å²) in [5.41, 5.74) is 8.79. The van der Waals surface area contributed by atoms with Crippen molar-refractivity contribution < 1.29 is 4.74 Å². The molecule has 0 radical (unpaired) electrons. The topological polar surface area (TPSA) is 38.5 Å². The van der Waals surface area contributed by atoms with Crippen molar-refractivity contribution in [3.63, 3.8) is 0 Å². The third kappa shape index (κ3) is 3.26. The van der Waals surface area contributed by atoms with Crippen molar-refractivity contribution in [3.8, 4) is 0 Å². The van der Waals surface area contributed by atoms with Crippen molar-refractivity contribution in [2.24, 2.45) is 5.73 Å². The first-order chi connectivity index (χ1) is 10.2. The van der Waals surface area contributed by atoms with Crippen LogP contribution in [0.15, 0.2) is 18.2 Å². The van der Waals surface area contributed by atoms with Crippen molar-refractivity contribution in [2.75, 3.05) is 32.8 Å². The lowest BCUT2D eigenvalue weighted by molar-refractivity contribution is 0.0342. The number of halogens is 1. The van der Waals surface area contributed by atoms with Gasteiger partial charge in [-0.1, -0.05) is 36.6 Å². The molecule has 1 saturated heterocycles. The van der Waals surface area contributed by atoms with Gasteiger partial charge in [0.25, 0.3) is 0 Å². The highest BCUT2D eigenvalue weighted by atomic mass is 35.5. The average molecular weight is 309 g/mol. The first-order valence-corrected chi connectivity index (χ1v) is 8.40. The van der Waals surface area contributed by atoms with E-state index in [2.05, 4.69) is 23.1 Å². The number of hydrogen-bond donors (Lipinski definition) is 1. The monoisotopic (exact) mass is 308 g/mol. The van der Waals surface area contributed by atoms with Gasteiger partial charge in [-0.15, -0.1) is 0 Å². The summed E-state index contributed by atoms with van der Waals surface area (Å²) >= 11 is 6.55. The minimum Gasteiger partial charge on any atom is -0.379 e. The maximum Gasteiger partial charge on any atom is 0.0594 e. The van der Waals surface area contributed by atoms with E-state index < -0.39 is 0 Å². The van der Waals surface area contributed by atoms with Crippen LogP contribution in [0.3, 0.4) is 0 Å². The third-order valence-corrected chi connectivity index (χ3v) is 5.47. The van der Waals surface area contributed by atoms with Crippen molar-refractivity contribution in [1.29, 1.82) is 0 Å². The van der Waals surface area contributed by atoms with Crippen LogP contribution in [0.4, 0.5) is 0 Å². The Morgan fingerprint density at radius 1 is 1.19 bits per heavy atom. The molecular weight excluding hydrogens is 284 g/mol. The number of nitrogens with two attached hydrogens (primary N) is 1. The fourth-order valence-electron chi connectivity index (χ4n) is 3.67. The zero-order chi connectivity index (χ0) is 14.7. The summed E-state index contributed by atoms with van der Waals surface area (Å²) in [6, 6.07) is 6.61.